The molecule has 0 fully saturated rings. The second-order valence-corrected chi connectivity index (χ2v) is 4.17. The van der Waals surface area contributed by atoms with E-state index in [4.69, 9.17) is 16.1 Å². The predicted octanol–water partition coefficient (Wildman–Crippen LogP) is 2.56. The summed E-state index contributed by atoms with van der Waals surface area (Å²) in [5.74, 6) is 0.715. The third-order valence-electron chi connectivity index (χ3n) is 2.80. The van der Waals surface area contributed by atoms with Crippen molar-refractivity contribution in [2.24, 2.45) is 0 Å². The van der Waals surface area contributed by atoms with E-state index in [1.807, 2.05) is 30.5 Å². The van der Waals surface area contributed by atoms with Crippen molar-refractivity contribution >= 4 is 17.4 Å². The van der Waals surface area contributed by atoms with Gasteiger partial charge in [0.2, 0.25) is 0 Å². The van der Waals surface area contributed by atoms with Crippen LogP contribution in [0.25, 0.3) is 0 Å². The van der Waals surface area contributed by atoms with E-state index in [9.17, 15) is 4.79 Å². The molecule has 2 aromatic heterocycles. The van der Waals surface area contributed by atoms with E-state index in [1.54, 1.807) is 6.20 Å². The zero-order valence-corrected chi connectivity index (χ0v) is 10.5. The Morgan fingerprint density at radius 3 is 2.88 bits per heavy atom. The smallest absolute Gasteiger partial charge is 0.179 e. The molecule has 0 aliphatic heterocycles. The van der Waals surface area contributed by atoms with Crippen molar-refractivity contribution in [3.05, 3.63) is 41.0 Å². The summed E-state index contributed by atoms with van der Waals surface area (Å²) in [4.78, 5) is 11.6. The number of hydrogen-bond acceptors (Lipinski definition) is 3. The molecule has 0 unspecified atom stereocenters. The summed E-state index contributed by atoms with van der Waals surface area (Å²) in [5.41, 5.74) is 2.59. The maximum Gasteiger partial charge on any atom is 0.179 e. The van der Waals surface area contributed by atoms with Gasteiger partial charge in [-0.15, -0.1) is 11.6 Å². The molecular formula is C12H13ClN2O2. The zero-order chi connectivity index (χ0) is 12.4. The van der Waals surface area contributed by atoms with Crippen molar-refractivity contribution in [3.8, 4) is 0 Å². The molecule has 17 heavy (non-hydrogen) atoms. The van der Waals surface area contributed by atoms with Crippen LogP contribution in [0.3, 0.4) is 0 Å². The fraction of sp³-hybridized carbons (Fsp3) is 0.333. The van der Waals surface area contributed by atoms with E-state index in [1.165, 1.54) is 0 Å². The lowest BCUT2D eigenvalue weighted by atomic mass is 10.2. The highest BCUT2D eigenvalue weighted by atomic mass is 35.5. The largest absolute Gasteiger partial charge is 0.359 e. The van der Waals surface area contributed by atoms with Crippen LogP contribution in [0.5, 0.6) is 0 Å². The molecule has 0 aliphatic rings. The lowest BCUT2D eigenvalue weighted by Gasteiger charge is -2.06. The van der Waals surface area contributed by atoms with Gasteiger partial charge in [0.25, 0.3) is 0 Å². The van der Waals surface area contributed by atoms with Gasteiger partial charge in [0.05, 0.1) is 18.6 Å². The number of aromatic nitrogens is 2. The Morgan fingerprint density at radius 2 is 2.29 bits per heavy atom. The van der Waals surface area contributed by atoms with Gasteiger partial charge in [-0.3, -0.25) is 4.79 Å². The van der Waals surface area contributed by atoms with Crippen molar-refractivity contribution < 1.29 is 9.32 Å². The fourth-order valence-corrected chi connectivity index (χ4v) is 2.02. The van der Waals surface area contributed by atoms with Gasteiger partial charge in [0.1, 0.15) is 0 Å². The van der Waals surface area contributed by atoms with E-state index in [-0.39, 0.29) is 11.7 Å². The molecule has 0 atom stereocenters. The van der Waals surface area contributed by atoms with Crippen molar-refractivity contribution in [2.45, 2.75) is 20.4 Å². The number of carbonyl (C=O) groups excluding carboxylic acids is 1. The molecule has 0 aliphatic carbocycles. The van der Waals surface area contributed by atoms with Gasteiger partial charge >= 0.3 is 0 Å². The number of halogens is 1. The first-order valence-corrected chi connectivity index (χ1v) is 5.82. The van der Waals surface area contributed by atoms with Crippen LogP contribution in [0, 0.1) is 13.8 Å². The highest BCUT2D eigenvalue weighted by Gasteiger charge is 2.15. The van der Waals surface area contributed by atoms with Crippen LogP contribution in [0.2, 0.25) is 0 Å². The van der Waals surface area contributed by atoms with E-state index in [0.717, 1.165) is 17.1 Å². The summed E-state index contributed by atoms with van der Waals surface area (Å²) in [6.07, 6.45) is 1.61. The van der Waals surface area contributed by atoms with E-state index < -0.39 is 0 Å². The first kappa shape index (κ1) is 11.9. The van der Waals surface area contributed by atoms with Crippen LogP contribution in [0.1, 0.15) is 27.5 Å². The molecular weight excluding hydrogens is 240 g/mol. The molecule has 0 N–H and O–H groups in total. The molecule has 4 nitrogen and oxygen atoms in total. The van der Waals surface area contributed by atoms with Gasteiger partial charge in [0.15, 0.2) is 11.5 Å². The number of nitrogens with zero attached hydrogens (tertiary/aromatic N) is 2. The third-order valence-corrected chi connectivity index (χ3v) is 3.04. The Bertz CT molecular complexity index is 529. The Hall–Kier alpha value is -1.55. The summed E-state index contributed by atoms with van der Waals surface area (Å²) in [6.45, 7) is 4.44. The van der Waals surface area contributed by atoms with Crippen LogP contribution >= 0.6 is 11.6 Å². The molecule has 0 aromatic carbocycles. The first-order valence-electron chi connectivity index (χ1n) is 5.29. The number of hydrogen-bond donors (Lipinski definition) is 0. The van der Waals surface area contributed by atoms with E-state index in [0.29, 0.717) is 12.1 Å². The summed E-state index contributed by atoms with van der Waals surface area (Å²) in [7, 11) is 0. The second-order valence-electron chi connectivity index (χ2n) is 3.91. The normalized spacial score (nSPS) is 10.8. The molecule has 90 valence electrons. The first-order chi connectivity index (χ1) is 8.13. The summed E-state index contributed by atoms with van der Waals surface area (Å²) < 4.78 is 7.08. The molecule has 0 amide bonds. The maximum atomic E-state index is 11.6. The number of carbonyl (C=O) groups is 1. The summed E-state index contributed by atoms with van der Waals surface area (Å²) >= 11 is 5.58. The summed E-state index contributed by atoms with van der Waals surface area (Å²) in [6, 6.07) is 3.67. The molecule has 0 radical (unpaired) electrons. The number of rotatable bonds is 4. The fourth-order valence-electron chi connectivity index (χ4n) is 1.88. The number of ketones is 1. The van der Waals surface area contributed by atoms with Gasteiger partial charge in [-0.05, 0) is 19.9 Å². The van der Waals surface area contributed by atoms with Gasteiger partial charge in [0, 0.05) is 23.0 Å². The molecule has 0 saturated heterocycles. The van der Waals surface area contributed by atoms with Gasteiger partial charge in [-0.2, -0.15) is 0 Å². The maximum absolute atomic E-state index is 11.6. The summed E-state index contributed by atoms with van der Waals surface area (Å²) in [5, 5.41) is 3.66. The van der Waals surface area contributed by atoms with Crippen LogP contribution in [-0.2, 0) is 6.54 Å². The quantitative estimate of drug-likeness (QED) is 0.621. The van der Waals surface area contributed by atoms with Crippen molar-refractivity contribution in [1.82, 2.24) is 9.72 Å². The van der Waals surface area contributed by atoms with E-state index in [2.05, 4.69) is 5.16 Å². The third kappa shape index (κ3) is 2.26. The lowest BCUT2D eigenvalue weighted by molar-refractivity contribution is 0.102. The Morgan fingerprint density at radius 1 is 1.53 bits per heavy atom. The predicted molar refractivity (Wildman–Crippen MR) is 64.6 cm³/mol. The second kappa shape index (κ2) is 4.75. The van der Waals surface area contributed by atoms with Crippen LogP contribution in [-0.4, -0.2) is 21.4 Å². The van der Waals surface area contributed by atoms with Crippen molar-refractivity contribution in [2.75, 3.05) is 5.88 Å². The number of aryl methyl sites for hydroxylation is 1. The zero-order valence-electron chi connectivity index (χ0n) is 9.74. The Labute approximate surface area is 104 Å². The molecule has 2 rings (SSSR count). The monoisotopic (exact) mass is 252 g/mol. The Kier molecular flexibility index (Phi) is 3.33. The van der Waals surface area contributed by atoms with Crippen LogP contribution in [0.15, 0.2) is 22.9 Å². The average Bonchev–Trinajstić information content (AvgIpc) is 2.91. The molecule has 2 aromatic rings. The van der Waals surface area contributed by atoms with Crippen LogP contribution in [0.4, 0.5) is 0 Å². The molecule has 2 heterocycles. The van der Waals surface area contributed by atoms with Gasteiger partial charge in [-0.1, -0.05) is 5.16 Å². The minimum absolute atomic E-state index is 0.00655. The standard InChI is InChI=1S/C12H13ClN2O2/c1-8-5-11(12(16)6-13)9(2)15(8)7-10-3-4-14-17-10/h3-5H,6-7H2,1-2H3. The topological polar surface area (TPSA) is 48.0 Å². The Balaban J connectivity index is 2.35. The van der Waals surface area contributed by atoms with Crippen molar-refractivity contribution in [3.63, 3.8) is 0 Å². The lowest BCUT2D eigenvalue weighted by Crippen LogP contribution is -2.06. The minimum atomic E-state index is -0.0522. The molecule has 0 spiro atoms. The van der Waals surface area contributed by atoms with E-state index >= 15 is 0 Å². The molecule has 0 saturated carbocycles. The van der Waals surface area contributed by atoms with Crippen LogP contribution < -0.4 is 0 Å². The van der Waals surface area contributed by atoms with Crippen molar-refractivity contribution in [1.29, 1.82) is 0 Å². The number of alkyl halides is 1. The highest BCUT2D eigenvalue weighted by molar-refractivity contribution is 6.30. The molecule has 5 heteroatoms. The molecule has 0 bridgehead atoms. The SMILES string of the molecule is Cc1cc(C(=O)CCl)c(C)n1Cc1ccno1. The highest BCUT2D eigenvalue weighted by Crippen LogP contribution is 2.17. The van der Waals surface area contributed by atoms with Gasteiger partial charge < -0.3 is 9.09 Å². The van der Waals surface area contributed by atoms with Gasteiger partial charge in [-0.25, -0.2) is 0 Å². The number of Topliss-reactive ketones (excluding diaryl/α,β-unsaturated/α-hetero) is 1. The average molecular weight is 253 g/mol. The minimum Gasteiger partial charge on any atom is -0.359 e.